The summed E-state index contributed by atoms with van der Waals surface area (Å²) in [6.07, 6.45) is 8.55. The second kappa shape index (κ2) is 13.6. The van der Waals surface area contributed by atoms with Crippen LogP contribution >= 0.6 is 0 Å². The van der Waals surface area contributed by atoms with E-state index in [1.165, 1.54) is 32.4 Å². The van der Waals surface area contributed by atoms with Gasteiger partial charge >= 0.3 is 0 Å². The third-order valence-corrected chi connectivity index (χ3v) is 8.12. The first-order chi connectivity index (χ1) is 21.2. The number of fused-ring (bicyclic) bond motifs is 2. The quantitative estimate of drug-likeness (QED) is 0.131. The Hall–Kier alpha value is -4.50. The van der Waals surface area contributed by atoms with E-state index in [1.807, 2.05) is 36.5 Å². The molecule has 1 N–H and O–H groups in total. The zero-order valence-corrected chi connectivity index (χ0v) is 24.6. The summed E-state index contributed by atoms with van der Waals surface area (Å²) in [5, 5.41) is 13.1. The molecule has 0 spiro atoms. The van der Waals surface area contributed by atoms with Gasteiger partial charge in [0.1, 0.15) is 12.1 Å². The van der Waals surface area contributed by atoms with Crippen LogP contribution in [0.3, 0.4) is 0 Å². The Morgan fingerprint density at radius 2 is 1.84 bits per heavy atom. The second-order valence-corrected chi connectivity index (χ2v) is 10.9. The van der Waals surface area contributed by atoms with Crippen molar-refractivity contribution in [3.63, 3.8) is 0 Å². The number of aromatic nitrogens is 2. The molecule has 1 aromatic heterocycles. The number of hydrogen-bond donors (Lipinski definition) is 1. The van der Waals surface area contributed by atoms with Crippen molar-refractivity contribution in [1.29, 1.82) is 5.26 Å². The van der Waals surface area contributed by atoms with Gasteiger partial charge in [0, 0.05) is 44.2 Å². The molecule has 3 aliphatic rings. The van der Waals surface area contributed by atoms with Gasteiger partial charge in [0.05, 0.1) is 25.8 Å². The van der Waals surface area contributed by atoms with Crippen molar-refractivity contribution in [2.24, 2.45) is 4.99 Å². The van der Waals surface area contributed by atoms with Crippen LogP contribution in [0.4, 0.5) is 5.82 Å². The normalized spacial score (nSPS) is 17.2. The SMILES string of the molecule is COc1cc2c(N3CCN(C(=NCc4ccc5c(c4)OCO5)NC#N)CC3)ncnc2cc1OCCCN1CCCCC1. The minimum atomic E-state index is 0.232. The molecule has 6 rings (SSSR count). The highest BCUT2D eigenvalue weighted by Gasteiger charge is 2.23. The molecule has 43 heavy (non-hydrogen) atoms. The van der Waals surface area contributed by atoms with Crippen LogP contribution in [0.25, 0.3) is 10.9 Å². The van der Waals surface area contributed by atoms with Gasteiger partial charge in [0.25, 0.3) is 0 Å². The maximum atomic E-state index is 9.38. The van der Waals surface area contributed by atoms with Crippen LogP contribution in [0, 0.1) is 11.5 Å². The van der Waals surface area contributed by atoms with Crippen molar-refractivity contribution in [2.45, 2.75) is 32.2 Å². The number of aliphatic imine (C=N–C) groups is 1. The highest BCUT2D eigenvalue weighted by atomic mass is 16.7. The van der Waals surface area contributed by atoms with Gasteiger partial charge in [-0.15, -0.1) is 0 Å². The van der Waals surface area contributed by atoms with Crippen LogP contribution in [-0.2, 0) is 6.54 Å². The molecule has 0 atom stereocenters. The fourth-order valence-corrected chi connectivity index (χ4v) is 5.83. The molecule has 4 heterocycles. The lowest BCUT2D eigenvalue weighted by molar-refractivity contribution is 0.174. The number of nitrogens with zero attached hydrogens (tertiary/aromatic N) is 7. The molecule has 226 valence electrons. The van der Waals surface area contributed by atoms with Gasteiger partial charge in [-0.25, -0.2) is 15.0 Å². The molecular weight excluding hydrogens is 548 g/mol. The summed E-state index contributed by atoms with van der Waals surface area (Å²) in [4.78, 5) is 20.7. The van der Waals surface area contributed by atoms with E-state index in [0.717, 1.165) is 46.7 Å². The van der Waals surface area contributed by atoms with Crippen molar-refractivity contribution in [2.75, 3.05) is 71.2 Å². The molecule has 0 unspecified atom stereocenters. The average Bonchev–Trinajstić information content (AvgIpc) is 3.53. The van der Waals surface area contributed by atoms with Crippen molar-refractivity contribution < 1.29 is 18.9 Å². The first-order valence-electron chi connectivity index (χ1n) is 15.0. The summed E-state index contributed by atoms with van der Waals surface area (Å²) in [5.41, 5.74) is 1.79. The zero-order valence-electron chi connectivity index (χ0n) is 24.6. The molecule has 0 bridgehead atoms. The number of anilines is 1. The van der Waals surface area contributed by atoms with Crippen molar-refractivity contribution >= 4 is 22.7 Å². The Morgan fingerprint density at radius 3 is 2.65 bits per heavy atom. The summed E-state index contributed by atoms with van der Waals surface area (Å²) < 4.78 is 22.7. The van der Waals surface area contributed by atoms with Gasteiger partial charge in [0.15, 0.2) is 29.2 Å². The van der Waals surface area contributed by atoms with Gasteiger partial charge in [-0.3, -0.25) is 5.32 Å². The molecule has 0 aliphatic carbocycles. The number of piperazine rings is 1. The first kappa shape index (κ1) is 28.6. The molecule has 12 nitrogen and oxygen atoms in total. The Balaban J connectivity index is 1.09. The summed E-state index contributed by atoms with van der Waals surface area (Å²) in [5.74, 6) is 4.24. The van der Waals surface area contributed by atoms with E-state index >= 15 is 0 Å². The van der Waals surface area contributed by atoms with E-state index in [0.29, 0.717) is 56.8 Å². The van der Waals surface area contributed by atoms with Crippen LogP contribution in [0.2, 0.25) is 0 Å². The molecule has 2 fully saturated rings. The molecule has 2 aromatic carbocycles. The number of nitrogens with one attached hydrogen (secondary N) is 1. The number of piperidine rings is 1. The smallest absolute Gasteiger partial charge is 0.231 e. The monoisotopic (exact) mass is 586 g/mol. The fraction of sp³-hybridized carbons (Fsp3) is 0.484. The maximum absolute atomic E-state index is 9.38. The average molecular weight is 587 g/mol. The third-order valence-electron chi connectivity index (χ3n) is 8.12. The molecule has 0 amide bonds. The summed E-state index contributed by atoms with van der Waals surface area (Å²) in [6, 6.07) is 9.70. The molecule has 0 radical (unpaired) electrons. The number of nitriles is 1. The number of likely N-dealkylation sites (tertiary alicyclic amines) is 1. The number of rotatable bonds is 9. The van der Waals surface area contributed by atoms with Crippen molar-refractivity contribution in [3.05, 3.63) is 42.2 Å². The first-order valence-corrected chi connectivity index (χ1v) is 15.0. The lowest BCUT2D eigenvalue weighted by Crippen LogP contribution is -2.52. The Bertz CT molecular complexity index is 1480. The Morgan fingerprint density at radius 1 is 1.00 bits per heavy atom. The van der Waals surface area contributed by atoms with E-state index in [1.54, 1.807) is 13.4 Å². The van der Waals surface area contributed by atoms with Crippen LogP contribution < -0.4 is 29.2 Å². The number of guanidine groups is 1. The summed E-state index contributed by atoms with van der Waals surface area (Å²) in [6.45, 7) is 7.49. The minimum absolute atomic E-state index is 0.232. The third kappa shape index (κ3) is 6.78. The molecule has 3 aliphatic heterocycles. The summed E-state index contributed by atoms with van der Waals surface area (Å²) >= 11 is 0. The Labute approximate surface area is 251 Å². The van der Waals surface area contributed by atoms with Gasteiger partial charge in [-0.05, 0) is 56.1 Å². The van der Waals surface area contributed by atoms with Crippen LogP contribution in [0.1, 0.15) is 31.2 Å². The van der Waals surface area contributed by atoms with E-state index in [2.05, 4.69) is 30.0 Å². The topological polar surface area (TPSA) is 121 Å². The van der Waals surface area contributed by atoms with E-state index in [9.17, 15) is 5.26 Å². The van der Waals surface area contributed by atoms with E-state index < -0.39 is 0 Å². The fourth-order valence-electron chi connectivity index (χ4n) is 5.83. The summed E-state index contributed by atoms with van der Waals surface area (Å²) in [7, 11) is 1.66. The van der Waals surface area contributed by atoms with Crippen LogP contribution in [-0.4, -0.2) is 92.1 Å². The second-order valence-electron chi connectivity index (χ2n) is 10.9. The van der Waals surface area contributed by atoms with Gasteiger partial charge in [0.2, 0.25) is 12.8 Å². The predicted molar refractivity (Wildman–Crippen MR) is 163 cm³/mol. The molecule has 3 aromatic rings. The van der Waals surface area contributed by atoms with E-state index in [-0.39, 0.29) is 6.79 Å². The number of ether oxygens (including phenoxy) is 4. The number of hydrogen-bond acceptors (Lipinski definition) is 10. The Kier molecular flexibility index (Phi) is 9.08. The highest BCUT2D eigenvalue weighted by molar-refractivity contribution is 5.92. The van der Waals surface area contributed by atoms with Gasteiger partial charge in [-0.2, -0.15) is 5.26 Å². The van der Waals surface area contributed by atoms with Gasteiger partial charge in [-0.1, -0.05) is 12.5 Å². The number of methoxy groups -OCH3 is 1. The largest absolute Gasteiger partial charge is 0.493 e. The van der Waals surface area contributed by atoms with E-state index in [4.69, 9.17) is 23.9 Å². The predicted octanol–water partition coefficient (Wildman–Crippen LogP) is 3.37. The van der Waals surface area contributed by atoms with Crippen LogP contribution in [0.5, 0.6) is 23.0 Å². The highest BCUT2D eigenvalue weighted by Crippen LogP contribution is 2.36. The lowest BCUT2D eigenvalue weighted by Gasteiger charge is -2.36. The number of benzene rings is 2. The minimum Gasteiger partial charge on any atom is -0.493 e. The molecule has 12 heteroatoms. The lowest BCUT2D eigenvalue weighted by atomic mass is 10.1. The van der Waals surface area contributed by atoms with Crippen molar-refractivity contribution in [3.8, 4) is 29.2 Å². The van der Waals surface area contributed by atoms with Crippen molar-refractivity contribution in [1.82, 2.24) is 25.1 Å². The van der Waals surface area contributed by atoms with Crippen LogP contribution in [0.15, 0.2) is 41.7 Å². The standard InChI is InChI=1S/C31H38N8O4/c1-40-27-17-24-25(18-29(27)41-15-5-10-37-8-3-2-4-9-37)35-21-36-30(24)38-11-13-39(14-12-38)31(34-20-32)33-19-23-6-7-26-28(16-23)43-22-42-26/h6-7,16-18,21H,2-5,8-15,19,22H2,1H3,(H,33,34). The zero-order chi connectivity index (χ0) is 29.4. The molecule has 2 saturated heterocycles. The molecule has 0 saturated carbocycles. The maximum Gasteiger partial charge on any atom is 0.231 e. The van der Waals surface area contributed by atoms with Gasteiger partial charge < -0.3 is 33.6 Å². The molecular formula is C31H38N8O4.